The number of Topliss-reactive ketones (excluding diaryl/α,β-unsaturated/α-hetero) is 10. The highest BCUT2D eigenvalue weighted by Crippen LogP contribution is 2.27. The van der Waals surface area contributed by atoms with Crippen LogP contribution in [0.3, 0.4) is 0 Å². The van der Waals surface area contributed by atoms with Crippen molar-refractivity contribution in [3.05, 3.63) is 187 Å². The van der Waals surface area contributed by atoms with E-state index in [2.05, 4.69) is 70.7 Å². The fraction of sp³-hybridized carbons (Fsp3) is 0.538. The van der Waals surface area contributed by atoms with Crippen molar-refractivity contribution in [2.45, 2.75) is 217 Å². The Labute approximate surface area is 657 Å². The lowest BCUT2D eigenvalue weighted by Gasteiger charge is -2.27. The van der Waals surface area contributed by atoms with Gasteiger partial charge >= 0.3 is 6.18 Å². The summed E-state index contributed by atoms with van der Waals surface area (Å²) in [7, 11) is 3.86. The van der Waals surface area contributed by atoms with Crippen molar-refractivity contribution < 1.29 is 66.2 Å². The molecule has 2 aromatic carbocycles. The van der Waals surface area contributed by atoms with Gasteiger partial charge in [-0.3, -0.25) is 52.8 Å². The zero-order valence-electron chi connectivity index (χ0n) is 71.2. The van der Waals surface area contributed by atoms with E-state index in [0.29, 0.717) is 41.7 Å². The van der Waals surface area contributed by atoms with Gasteiger partial charge in [0, 0.05) is 102 Å². The molecule has 2 aromatic rings. The number of carbonyl (C=O) groups is 10. The number of hydrogen-bond donors (Lipinski definition) is 1. The summed E-state index contributed by atoms with van der Waals surface area (Å²) in [5.41, 5.74) is 6.33. The number of halogens is 4. The maximum absolute atomic E-state index is 11.7. The first kappa shape index (κ1) is 114. The van der Waals surface area contributed by atoms with Gasteiger partial charge in [0.1, 0.15) is 0 Å². The third-order valence-electron chi connectivity index (χ3n) is 15.3. The summed E-state index contributed by atoms with van der Waals surface area (Å²) in [6.07, 6.45) is 2.68. The van der Waals surface area contributed by atoms with Crippen LogP contribution in [0.25, 0.3) is 5.57 Å². The summed E-state index contributed by atoms with van der Waals surface area (Å²) >= 11 is 5.28. The number of rotatable bonds is 32. The number of carbonyl (C=O) groups excluding carboxylic acids is 10. The average molecular weight is 1530 g/mol. The lowest BCUT2D eigenvalue weighted by molar-refractivity contribution is -0.131. The van der Waals surface area contributed by atoms with Crippen LogP contribution in [-0.4, -0.2) is 126 Å². The van der Waals surface area contributed by atoms with Gasteiger partial charge < -0.3 is 10.0 Å². The molecular weight excluding hydrogens is 1390 g/mol. The topological polar surface area (TPSA) is 197 Å². The molecule has 0 aromatic heterocycles. The molecule has 1 saturated heterocycles. The second-order valence-corrected chi connectivity index (χ2v) is 29.9. The molecule has 610 valence electrons. The summed E-state index contributed by atoms with van der Waals surface area (Å²) < 4.78 is 35.2. The standard InChI is InChI=1S/C13H16O.C12H21NO.C12H14O.C9H17NO.C8H14O2.3C8H14O.C7H9F3O.C6H9ClO/c1-10(2)13(14)11(3)9-12-7-5-4-6-8-12;1-10(2)12(14)11(3)9-13-7-5-4-6-8-13;1-9(2)12(13)10(3)11-7-5-4-6-8-11;1-7(2)9(11)8(3)6-10(4)5;1-6(2)8(10)7(3)4-5-9;3*1-5-7(4)8(9)6(2)3;1-4(2)6(11)5(3)7(8,9)10;1-4(2)6(8)5(3)7/h4-8,10H,3,9H2,1-2H3;10H,3-9H2,1-2H3;4-9H,3H2,1-2H3;7H,3,6H2,1-2,4-5H3;6,9H,3-5H2,1-2H3;3*6H,4-5H2,1-3H3;4H,3H2,1-2H3;4H,3H2,1-2H3. The van der Waals surface area contributed by atoms with Crippen LogP contribution in [0.15, 0.2) is 176 Å². The zero-order valence-corrected chi connectivity index (χ0v) is 72.0. The molecule has 0 aliphatic carbocycles. The normalized spacial score (nSPS) is 11.3. The van der Waals surface area contributed by atoms with Crippen molar-refractivity contribution in [1.82, 2.24) is 9.80 Å². The molecule has 1 fully saturated rings. The first-order chi connectivity index (χ1) is 49.5. The number of alkyl halides is 3. The van der Waals surface area contributed by atoms with Crippen molar-refractivity contribution in [1.29, 1.82) is 0 Å². The van der Waals surface area contributed by atoms with E-state index in [9.17, 15) is 61.1 Å². The van der Waals surface area contributed by atoms with Crippen LogP contribution in [0, 0.1) is 59.2 Å². The van der Waals surface area contributed by atoms with Crippen molar-refractivity contribution in [3.63, 3.8) is 0 Å². The van der Waals surface area contributed by atoms with Gasteiger partial charge in [0.25, 0.3) is 0 Å². The molecule has 1 N–H and O–H groups in total. The van der Waals surface area contributed by atoms with Gasteiger partial charge in [0.2, 0.25) is 0 Å². The Morgan fingerprint density at radius 1 is 0.407 bits per heavy atom. The summed E-state index contributed by atoms with van der Waals surface area (Å²) in [6, 6.07) is 19.5. The first-order valence-corrected chi connectivity index (χ1v) is 37.9. The number of aliphatic hydroxyl groups excluding tert-OH is 1. The van der Waals surface area contributed by atoms with Crippen LogP contribution in [0.2, 0.25) is 0 Å². The number of likely N-dealkylation sites (N-methyl/N-ethyl adjacent to an activating group) is 1. The SMILES string of the molecule is C=C(C(=O)C(C)C)C(F)(F)F.C=C(C(=O)C(C)C)c1ccccc1.C=C(CC)C(=O)C(C)C.C=C(CC)C(=O)C(C)C.C=C(CC)C(=O)C(C)C.C=C(CCO)C(=O)C(C)C.C=C(CN(C)C)C(=O)C(C)C.C=C(CN1CCCCC1)C(=O)C(C)C.C=C(Cc1ccccc1)C(=O)C(C)C.C=C(Cl)C(=O)C(C)C. The minimum absolute atomic E-state index is 0.000880. The largest absolute Gasteiger partial charge is 0.419 e. The monoisotopic (exact) mass is 1530 g/mol. The Morgan fingerprint density at radius 3 is 0.944 bits per heavy atom. The number of likely N-dealkylation sites (tertiary alicyclic amines) is 1. The van der Waals surface area contributed by atoms with Gasteiger partial charge in [0.05, 0.1) is 10.6 Å². The fourth-order valence-electron chi connectivity index (χ4n) is 8.42. The van der Waals surface area contributed by atoms with E-state index in [-0.39, 0.29) is 117 Å². The van der Waals surface area contributed by atoms with Crippen LogP contribution < -0.4 is 0 Å². The molecule has 0 spiro atoms. The first-order valence-electron chi connectivity index (χ1n) is 37.5. The highest BCUT2D eigenvalue weighted by molar-refractivity contribution is 6.42. The zero-order chi connectivity index (χ0) is 86.4. The number of piperidine rings is 1. The van der Waals surface area contributed by atoms with E-state index in [1.165, 1.54) is 33.1 Å². The van der Waals surface area contributed by atoms with Gasteiger partial charge in [-0.2, -0.15) is 13.2 Å². The Kier molecular flexibility index (Phi) is 66.7. The third kappa shape index (κ3) is 57.6. The highest BCUT2D eigenvalue weighted by atomic mass is 35.5. The van der Waals surface area contributed by atoms with E-state index < -0.39 is 23.5 Å². The number of hydrogen-bond acceptors (Lipinski definition) is 13. The van der Waals surface area contributed by atoms with E-state index in [4.69, 9.17) is 16.7 Å². The van der Waals surface area contributed by atoms with Crippen molar-refractivity contribution in [2.24, 2.45) is 59.2 Å². The molecule has 0 bridgehead atoms. The van der Waals surface area contributed by atoms with E-state index in [1.54, 1.807) is 13.8 Å². The molecule has 3 rings (SSSR count). The molecule has 13 nitrogen and oxygen atoms in total. The molecule has 1 aliphatic rings. The van der Waals surface area contributed by atoms with Crippen molar-refractivity contribution >= 4 is 75.0 Å². The predicted octanol–water partition coefficient (Wildman–Crippen LogP) is 21.5. The average Bonchev–Trinajstić information content (AvgIpc) is 0.883. The maximum Gasteiger partial charge on any atom is 0.419 e. The Bertz CT molecular complexity index is 3130. The molecule has 0 atom stereocenters. The lowest BCUT2D eigenvalue weighted by atomic mass is 9.96. The quantitative estimate of drug-likeness (QED) is 0.0680. The van der Waals surface area contributed by atoms with Gasteiger partial charge in [-0.05, 0) is 105 Å². The van der Waals surface area contributed by atoms with E-state index in [0.717, 1.165) is 72.3 Å². The summed E-state index contributed by atoms with van der Waals surface area (Å²) in [4.78, 5) is 115. The smallest absolute Gasteiger partial charge is 0.396 e. The van der Waals surface area contributed by atoms with Crippen LogP contribution in [-0.2, 0) is 54.4 Å². The van der Waals surface area contributed by atoms with Gasteiger partial charge in [-0.15, -0.1) is 0 Å². The van der Waals surface area contributed by atoms with Crippen LogP contribution in [0.1, 0.15) is 215 Å². The van der Waals surface area contributed by atoms with Gasteiger partial charge in [-0.25, -0.2) is 0 Å². The Balaban J connectivity index is -0.000000211. The van der Waals surface area contributed by atoms with Crippen LogP contribution >= 0.6 is 11.6 Å². The number of ketones is 10. The fourth-order valence-corrected chi connectivity index (χ4v) is 8.64. The second kappa shape index (κ2) is 63.3. The summed E-state index contributed by atoms with van der Waals surface area (Å²) in [6.45, 7) is 81.8. The molecule has 1 heterocycles. The molecule has 0 radical (unpaired) electrons. The molecule has 17 heteroatoms. The summed E-state index contributed by atoms with van der Waals surface area (Å²) in [5, 5.41) is 8.58. The number of benzene rings is 2. The molecular formula is C91H142ClF3N2O11. The molecule has 1 aliphatic heterocycles. The van der Waals surface area contributed by atoms with Crippen molar-refractivity contribution in [3.8, 4) is 0 Å². The van der Waals surface area contributed by atoms with E-state index in [1.807, 2.05) is 211 Å². The Morgan fingerprint density at radius 2 is 0.694 bits per heavy atom. The Hall–Kier alpha value is -7.50. The molecule has 0 saturated carbocycles. The van der Waals surface area contributed by atoms with Crippen LogP contribution in [0.5, 0.6) is 0 Å². The maximum atomic E-state index is 11.7. The van der Waals surface area contributed by atoms with Crippen LogP contribution in [0.4, 0.5) is 13.2 Å². The molecule has 0 amide bonds. The number of nitrogens with zero attached hydrogens (tertiary/aromatic N) is 2. The van der Waals surface area contributed by atoms with E-state index >= 15 is 0 Å². The number of aliphatic hydroxyl groups is 1. The predicted molar refractivity (Wildman–Crippen MR) is 450 cm³/mol. The van der Waals surface area contributed by atoms with Gasteiger partial charge in [0.15, 0.2) is 57.8 Å². The van der Waals surface area contributed by atoms with Gasteiger partial charge in [-0.1, -0.05) is 304 Å². The van der Waals surface area contributed by atoms with Crippen molar-refractivity contribution in [2.75, 3.05) is 46.9 Å². The minimum Gasteiger partial charge on any atom is -0.396 e. The summed E-state index contributed by atoms with van der Waals surface area (Å²) in [5.74, 6) is 0.143. The lowest BCUT2D eigenvalue weighted by Crippen LogP contribution is -2.33. The minimum atomic E-state index is -4.58. The molecule has 108 heavy (non-hydrogen) atoms. The molecule has 0 unspecified atom stereocenters. The third-order valence-corrected chi connectivity index (χ3v) is 15.5. The highest BCUT2D eigenvalue weighted by Gasteiger charge is 2.37. The second-order valence-electron chi connectivity index (χ2n) is 29.4. The number of allylic oxidation sites excluding steroid dienone is 7.